The Balaban J connectivity index is 1.78. The number of thiophene rings is 3. The van der Waals surface area contributed by atoms with Gasteiger partial charge in [0.15, 0.2) is 0 Å². The van der Waals surface area contributed by atoms with E-state index in [2.05, 4.69) is 15.5 Å². The van der Waals surface area contributed by atoms with Gasteiger partial charge in [0, 0.05) is 6.55 Å². The van der Waals surface area contributed by atoms with E-state index in [9.17, 15) is 0 Å². The summed E-state index contributed by atoms with van der Waals surface area (Å²) in [7, 11) is -3.32. The molecule has 0 aliphatic carbocycles. The summed E-state index contributed by atoms with van der Waals surface area (Å²) >= 11 is 4.76. The van der Waals surface area contributed by atoms with Gasteiger partial charge >= 0.3 is 8.80 Å². The van der Waals surface area contributed by atoms with Crippen LogP contribution >= 0.6 is 34.0 Å². The van der Waals surface area contributed by atoms with E-state index in [4.69, 9.17) is 13.6 Å². The molecule has 0 aliphatic heterocycles. The monoisotopic (exact) mass is 463 g/mol. The molecule has 6 nitrogen and oxygen atoms in total. The van der Waals surface area contributed by atoms with Crippen LogP contribution in [0.2, 0.25) is 6.55 Å². The number of oxime groups is 3. The van der Waals surface area contributed by atoms with Crippen LogP contribution in [-0.4, -0.2) is 25.9 Å². The fourth-order valence-corrected chi connectivity index (χ4v) is 5.11. The van der Waals surface area contributed by atoms with E-state index in [0.29, 0.717) is 0 Å². The van der Waals surface area contributed by atoms with Crippen molar-refractivity contribution < 1.29 is 13.6 Å². The lowest BCUT2D eigenvalue weighted by Gasteiger charge is -2.18. The number of nitrogens with zero attached hydrogens (tertiary/aromatic N) is 3. The highest BCUT2D eigenvalue weighted by Gasteiger charge is 2.45. The van der Waals surface area contributed by atoms with E-state index < -0.39 is 8.80 Å². The third-order valence-corrected chi connectivity index (χ3v) is 7.88. The first-order valence-electron chi connectivity index (χ1n) is 8.77. The summed E-state index contributed by atoms with van der Waals surface area (Å²) in [6, 6.07) is 11.8. The lowest BCUT2D eigenvalue weighted by atomic mass is 10.3. The van der Waals surface area contributed by atoms with Crippen molar-refractivity contribution in [1.29, 1.82) is 0 Å². The van der Waals surface area contributed by atoms with Gasteiger partial charge in [-0.3, -0.25) is 0 Å². The Kier molecular flexibility index (Phi) is 7.37. The molecule has 0 saturated heterocycles. The zero-order chi connectivity index (χ0) is 20.7. The Morgan fingerprint density at radius 3 is 1.21 bits per heavy atom. The molecule has 3 heterocycles. The van der Waals surface area contributed by atoms with Crippen molar-refractivity contribution >= 4 is 59.9 Å². The normalized spacial score (nSPS) is 13.4. The summed E-state index contributed by atoms with van der Waals surface area (Å²) in [6.07, 6.45) is 0. The van der Waals surface area contributed by atoms with E-state index in [1.54, 1.807) is 40.6 Å². The quantitative estimate of drug-likeness (QED) is 0.220. The van der Waals surface area contributed by atoms with Crippen molar-refractivity contribution in [3.05, 3.63) is 67.2 Å². The SMILES string of the molecule is C/C(=N/O[Si](C)(O/N=C(\C)c1cccs1)O/N=C(\C)c1cccs1)c1cccs1. The van der Waals surface area contributed by atoms with Crippen molar-refractivity contribution in [2.75, 3.05) is 0 Å². The Morgan fingerprint density at radius 1 is 0.655 bits per heavy atom. The summed E-state index contributed by atoms with van der Waals surface area (Å²) in [6.45, 7) is 7.34. The molecule has 0 aliphatic rings. The molecule has 3 aromatic rings. The van der Waals surface area contributed by atoms with Gasteiger partial charge in [0.1, 0.15) is 0 Å². The Morgan fingerprint density at radius 2 is 0.966 bits per heavy atom. The minimum Gasteiger partial charge on any atom is -0.373 e. The second kappa shape index (κ2) is 9.97. The molecule has 0 radical (unpaired) electrons. The molecule has 0 fully saturated rings. The topological polar surface area (TPSA) is 64.8 Å². The molecule has 0 unspecified atom stereocenters. The molecule has 0 spiro atoms. The molecule has 0 amide bonds. The van der Waals surface area contributed by atoms with Crippen LogP contribution in [0.3, 0.4) is 0 Å². The van der Waals surface area contributed by atoms with Crippen LogP contribution in [0.4, 0.5) is 0 Å². The fourth-order valence-electron chi connectivity index (χ4n) is 2.09. The van der Waals surface area contributed by atoms with Crippen molar-refractivity contribution in [2.45, 2.75) is 27.3 Å². The zero-order valence-corrected chi connectivity index (χ0v) is 19.9. The van der Waals surface area contributed by atoms with Crippen molar-refractivity contribution in [1.82, 2.24) is 0 Å². The second-order valence-corrected chi connectivity index (χ2v) is 11.2. The van der Waals surface area contributed by atoms with Gasteiger partial charge in [-0.1, -0.05) is 33.7 Å². The minimum absolute atomic E-state index is 0.740. The van der Waals surface area contributed by atoms with Crippen molar-refractivity contribution in [2.24, 2.45) is 15.5 Å². The highest BCUT2D eigenvalue weighted by molar-refractivity contribution is 7.12. The first-order chi connectivity index (χ1) is 14.0. The first kappa shape index (κ1) is 21.4. The van der Waals surface area contributed by atoms with E-state index in [1.165, 1.54) is 0 Å². The lowest BCUT2D eigenvalue weighted by Crippen LogP contribution is -2.38. The molecule has 3 rings (SSSR count). The summed E-state index contributed by atoms with van der Waals surface area (Å²) in [5, 5.41) is 18.6. The summed E-state index contributed by atoms with van der Waals surface area (Å²) in [4.78, 5) is 3.04. The fraction of sp³-hybridized carbons (Fsp3) is 0.211. The highest BCUT2D eigenvalue weighted by atomic mass is 32.1. The molecule has 0 atom stereocenters. The first-order valence-corrected chi connectivity index (χ1v) is 13.6. The molecule has 0 bridgehead atoms. The minimum atomic E-state index is -3.32. The predicted octanol–water partition coefficient (Wildman–Crippen LogP) is 6.06. The van der Waals surface area contributed by atoms with Crippen LogP contribution in [0.25, 0.3) is 0 Å². The molecule has 0 aromatic carbocycles. The Bertz CT molecular complexity index is 855. The second-order valence-electron chi connectivity index (χ2n) is 6.10. The Hall–Kier alpha value is -2.27. The van der Waals surface area contributed by atoms with Crippen LogP contribution < -0.4 is 0 Å². The smallest absolute Gasteiger partial charge is 0.373 e. The average Bonchev–Trinajstić information content (AvgIpc) is 3.51. The molecule has 3 aromatic heterocycles. The standard InChI is InChI=1S/C19H21N3O3S3Si/c1-14(17-8-5-11-26-17)20-23-29(4,24-21-15(2)18-9-6-12-27-18)25-22-16(3)19-10-7-13-28-19/h5-13H,1-4H3/b20-14-,21-15+,22-16+. The van der Waals surface area contributed by atoms with Crippen LogP contribution in [0.15, 0.2) is 68.0 Å². The molecule has 0 N–H and O–H groups in total. The van der Waals surface area contributed by atoms with E-state index in [0.717, 1.165) is 31.8 Å². The van der Waals surface area contributed by atoms with Crippen molar-refractivity contribution in [3.8, 4) is 0 Å². The van der Waals surface area contributed by atoms with Gasteiger partial charge in [-0.15, -0.1) is 34.0 Å². The molecular weight excluding hydrogens is 443 g/mol. The maximum absolute atomic E-state index is 5.73. The molecular formula is C19H21N3O3S3Si. The third-order valence-electron chi connectivity index (χ3n) is 3.68. The van der Waals surface area contributed by atoms with Crippen LogP contribution in [0.5, 0.6) is 0 Å². The van der Waals surface area contributed by atoms with Crippen LogP contribution in [0, 0.1) is 0 Å². The maximum Gasteiger partial charge on any atom is 0.759 e. The van der Waals surface area contributed by atoms with E-state index >= 15 is 0 Å². The summed E-state index contributed by atoms with van der Waals surface area (Å²) in [5.41, 5.74) is 2.22. The van der Waals surface area contributed by atoms with E-state index in [-0.39, 0.29) is 0 Å². The zero-order valence-electron chi connectivity index (χ0n) is 16.5. The maximum atomic E-state index is 5.73. The summed E-state index contributed by atoms with van der Waals surface area (Å²) < 4.78 is 17.2. The number of rotatable bonds is 9. The molecule has 29 heavy (non-hydrogen) atoms. The predicted molar refractivity (Wildman–Crippen MR) is 124 cm³/mol. The van der Waals surface area contributed by atoms with Gasteiger partial charge in [0.05, 0.1) is 31.8 Å². The van der Waals surface area contributed by atoms with Gasteiger partial charge < -0.3 is 13.6 Å². The largest absolute Gasteiger partial charge is 0.759 e. The van der Waals surface area contributed by atoms with Gasteiger partial charge in [0.2, 0.25) is 0 Å². The van der Waals surface area contributed by atoms with Gasteiger partial charge in [0.25, 0.3) is 0 Å². The van der Waals surface area contributed by atoms with Gasteiger partial charge in [-0.2, -0.15) is 0 Å². The summed E-state index contributed by atoms with van der Waals surface area (Å²) in [5.74, 6) is 0. The molecule has 152 valence electrons. The van der Waals surface area contributed by atoms with Crippen LogP contribution in [-0.2, 0) is 13.6 Å². The number of hydrogen-bond donors (Lipinski definition) is 0. The van der Waals surface area contributed by atoms with Crippen LogP contribution in [0.1, 0.15) is 35.4 Å². The molecule has 0 saturated carbocycles. The number of hydrogen-bond acceptors (Lipinski definition) is 9. The Labute approximate surface area is 183 Å². The lowest BCUT2D eigenvalue weighted by molar-refractivity contribution is 0.0731. The highest BCUT2D eigenvalue weighted by Crippen LogP contribution is 2.18. The van der Waals surface area contributed by atoms with Crippen molar-refractivity contribution in [3.63, 3.8) is 0 Å². The van der Waals surface area contributed by atoms with E-state index in [1.807, 2.05) is 73.3 Å². The van der Waals surface area contributed by atoms with Gasteiger partial charge in [-0.05, 0) is 55.1 Å². The average molecular weight is 464 g/mol. The molecule has 10 heteroatoms. The van der Waals surface area contributed by atoms with Gasteiger partial charge in [-0.25, -0.2) is 0 Å². The third kappa shape index (κ3) is 6.10.